The fourth-order valence-corrected chi connectivity index (χ4v) is 3.47. The number of rotatable bonds is 10. The average molecular weight is 421 g/mol. The zero-order valence-electron chi connectivity index (χ0n) is 17.4. The van der Waals surface area contributed by atoms with E-state index >= 15 is 0 Å². The number of fused-ring (bicyclic) bond motifs is 1. The van der Waals surface area contributed by atoms with Gasteiger partial charge in [-0.25, -0.2) is 4.79 Å². The van der Waals surface area contributed by atoms with Crippen LogP contribution in [0.25, 0.3) is 0 Å². The minimum Gasteiger partial charge on any atom is -0.454 e. The molecule has 1 aromatic rings. The molecule has 30 heavy (non-hydrogen) atoms. The first-order chi connectivity index (χ1) is 14.4. The summed E-state index contributed by atoms with van der Waals surface area (Å²) in [7, 11) is 3.08. The number of ether oxygens (including phenoxy) is 4. The molecule has 2 aliphatic rings. The van der Waals surface area contributed by atoms with E-state index < -0.39 is 17.5 Å². The van der Waals surface area contributed by atoms with Gasteiger partial charge in [-0.15, -0.1) is 0 Å². The van der Waals surface area contributed by atoms with Crippen molar-refractivity contribution in [3.8, 4) is 11.5 Å². The molecule has 1 N–H and O–H groups in total. The molecule has 0 aliphatic carbocycles. The molecule has 3 rings (SSSR count). The summed E-state index contributed by atoms with van der Waals surface area (Å²) in [6.45, 7) is 2.84. The van der Waals surface area contributed by atoms with Crippen LogP contribution >= 0.6 is 0 Å². The summed E-state index contributed by atoms with van der Waals surface area (Å²) in [5, 5.41) is 2.72. The number of benzene rings is 1. The highest BCUT2D eigenvalue weighted by Gasteiger charge is 2.48. The van der Waals surface area contributed by atoms with Crippen LogP contribution in [0.4, 0.5) is 4.79 Å². The van der Waals surface area contributed by atoms with E-state index in [1.54, 1.807) is 19.1 Å². The van der Waals surface area contributed by atoms with Crippen LogP contribution in [-0.2, 0) is 25.5 Å². The van der Waals surface area contributed by atoms with Gasteiger partial charge in [0.25, 0.3) is 5.91 Å². The molecule has 0 saturated carbocycles. The quantitative estimate of drug-likeness (QED) is 0.545. The van der Waals surface area contributed by atoms with Crippen molar-refractivity contribution in [2.24, 2.45) is 0 Å². The fraction of sp³-hybridized carbons (Fsp3) is 0.550. The zero-order valence-corrected chi connectivity index (χ0v) is 17.4. The number of nitrogens with zero attached hydrogens (tertiary/aromatic N) is 2. The minimum absolute atomic E-state index is 0.157. The lowest BCUT2D eigenvalue weighted by Crippen LogP contribution is -2.48. The maximum atomic E-state index is 13.0. The number of amides is 4. The summed E-state index contributed by atoms with van der Waals surface area (Å²) < 4.78 is 20.7. The SMILES string of the molecule is COCCN(CCOC)C(=O)CN1C(=O)N[C@@](C)(Cc2ccc3c(c2)OCO3)C1=O. The van der Waals surface area contributed by atoms with E-state index in [-0.39, 0.29) is 25.7 Å². The molecule has 0 aromatic heterocycles. The van der Waals surface area contributed by atoms with Crippen LogP contribution in [0.3, 0.4) is 0 Å². The normalized spacial score (nSPS) is 19.9. The molecule has 1 atom stereocenters. The van der Waals surface area contributed by atoms with E-state index in [4.69, 9.17) is 18.9 Å². The minimum atomic E-state index is -1.16. The molecule has 10 heteroatoms. The Morgan fingerprint density at radius 1 is 1.17 bits per heavy atom. The Morgan fingerprint density at radius 3 is 2.50 bits per heavy atom. The Labute approximate surface area is 175 Å². The van der Waals surface area contributed by atoms with Gasteiger partial charge < -0.3 is 29.2 Å². The monoisotopic (exact) mass is 421 g/mol. The Balaban J connectivity index is 1.67. The lowest BCUT2D eigenvalue weighted by atomic mass is 9.92. The average Bonchev–Trinajstić information content (AvgIpc) is 3.26. The highest BCUT2D eigenvalue weighted by atomic mass is 16.7. The maximum absolute atomic E-state index is 13.0. The van der Waals surface area contributed by atoms with Gasteiger partial charge in [0.1, 0.15) is 12.1 Å². The van der Waals surface area contributed by atoms with Crippen molar-refractivity contribution in [1.29, 1.82) is 0 Å². The van der Waals surface area contributed by atoms with E-state index in [1.165, 1.54) is 19.1 Å². The van der Waals surface area contributed by atoms with Gasteiger partial charge >= 0.3 is 6.03 Å². The molecule has 0 bridgehead atoms. The lowest BCUT2D eigenvalue weighted by molar-refractivity contribution is -0.139. The summed E-state index contributed by atoms with van der Waals surface area (Å²) in [5.41, 5.74) is -0.347. The third-order valence-electron chi connectivity index (χ3n) is 5.12. The van der Waals surface area contributed by atoms with E-state index in [2.05, 4.69) is 5.32 Å². The topological polar surface area (TPSA) is 107 Å². The van der Waals surface area contributed by atoms with E-state index in [0.29, 0.717) is 37.8 Å². The van der Waals surface area contributed by atoms with Crippen molar-refractivity contribution in [1.82, 2.24) is 15.1 Å². The first kappa shape index (κ1) is 21.8. The van der Waals surface area contributed by atoms with E-state index in [9.17, 15) is 14.4 Å². The second kappa shape index (κ2) is 9.31. The Hall–Kier alpha value is -2.85. The van der Waals surface area contributed by atoms with Crippen LogP contribution in [-0.4, -0.2) is 87.0 Å². The first-order valence-corrected chi connectivity index (χ1v) is 9.66. The summed E-state index contributed by atoms with van der Waals surface area (Å²) in [4.78, 5) is 40.7. The van der Waals surface area contributed by atoms with Crippen LogP contribution < -0.4 is 14.8 Å². The zero-order chi connectivity index (χ0) is 21.7. The summed E-state index contributed by atoms with van der Waals surface area (Å²) in [6.07, 6.45) is 0.260. The fourth-order valence-electron chi connectivity index (χ4n) is 3.47. The van der Waals surface area contributed by atoms with Crippen LogP contribution in [0.15, 0.2) is 18.2 Å². The predicted octanol–water partition coefficient (Wildman–Crippen LogP) is 0.390. The molecule has 2 aliphatic heterocycles. The maximum Gasteiger partial charge on any atom is 0.325 e. The first-order valence-electron chi connectivity index (χ1n) is 9.66. The molecule has 1 fully saturated rings. The molecular weight excluding hydrogens is 394 g/mol. The van der Waals surface area contributed by atoms with Gasteiger partial charge in [-0.2, -0.15) is 0 Å². The standard InChI is InChI=1S/C20H27N3O7/c1-20(11-14-4-5-15-16(10-14)30-13-29-15)18(25)23(19(26)21-20)12-17(24)22(6-8-27-2)7-9-28-3/h4-5,10H,6-9,11-13H2,1-3H3,(H,21,26)/t20-/m0/s1. The van der Waals surface area contributed by atoms with Crippen molar-refractivity contribution < 1.29 is 33.3 Å². The summed E-state index contributed by atoms with van der Waals surface area (Å²) in [5.74, 6) is 0.453. The van der Waals surface area contributed by atoms with Gasteiger partial charge in [0, 0.05) is 33.7 Å². The lowest BCUT2D eigenvalue weighted by Gasteiger charge is -2.25. The Kier molecular flexibility index (Phi) is 6.78. The van der Waals surface area contributed by atoms with Crippen molar-refractivity contribution in [2.45, 2.75) is 18.9 Å². The molecule has 10 nitrogen and oxygen atoms in total. The second-order valence-corrected chi connectivity index (χ2v) is 7.38. The van der Waals surface area contributed by atoms with Gasteiger partial charge in [0.2, 0.25) is 12.7 Å². The smallest absolute Gasteiger partial charge is 0.325 e. The van der Waals surface area contributed by atoms with Gasteiger partial charge in [0.15, 0.2) is 11.5 Å². The number of methoxy groups -OCH3 is 2. The van der Waals surface area contributed by atoms with Crippen molar-refractivity contribution >= 4 is 17.8 Å². The Morgan fingerprint density at radius 2 is 1.83 bits per heavy atom. The van der Waals surface area contributed by atoms with Crippen molar-refractivity contribution in [3.05, 3.63) is 23.8 Å². The van der Waals surface area contributed by atoms with Crippen molar-refractivity contribution in [2.75, 3.05) is 53.9 Å². The number of hydrogen-bond acceptors (Lipinski definition) is 7. The van der Waals surface area contributed by atoms with Gasteiger partial charge in [-0.3, -0.25) is 14.5 Å². The summed E-state index contributed by atoms with van der Waals surface area (Å²) >= 11 is 0. The highest BCUT2D eigenvalue weighted by Crippen LogP contribution is 2.34. The molecule has 0 unspecified atom stereocenters. The second-order valence-electron chi connectivity index (χ2n) is 7.38. The molecule has 0 radical (unpaired) electrons. The number of imide groups is 1. The molecule has 0 spiro atoms. The summed E-state index contributed by atoms with van der Waals surface area (Å²) in [6, 6.07) is 4.80. The molecule has 4 amide bonds. The molecule has 2 heterocycles. The number of carbonyl (C=O) groups excluding carboxylic acids is 3. The number of carbonyl (C=O) groups is 3. The number of urea groups is 1. The van der Waals surface area contributed by atoms with E-state index in [0.717, 1.165) is 10.5 Å². The third kappa shape index (κ3) is 4.65. The number of hydrogen-bond donors (Lipinski definition) is 1. The predicted molar refractivity (Wildman–Crippen MR) is 105 cm³/mol. The molecular formula is C20H27N3O7. The highest BCUT2D eigenvalue weighted by molar-refractivity contribution is 6.08. The van der Waals surface area contributed by atoms with Crippen molar-refractivity contribution in [3.63, 3.8) is 0 Å². The van der Waals surface area contributed by atoms with E-state index in [1.807, 2.05) is 6.07 Å². The third-order valence-corrected chi connectivity index (χ3v) is 5.12. The molecule has 164 valence electrons. The molecule has 1 aromatic carbocycles. The Bertz CT molecular complexity index is 808. The van der Waals surface area contributed by atoms with Gasteiger partial charge in [-0.05, 0) is 24.6 Å². The van der Waals surface area contributed by atoms with Crippen LogP contribution in [0.1, 0.15) is 12.5 Å². The largest absolute Gasteiger partial charge is 0.454 e. The van der Waals surface area contributed by atoms with Gasteiger partial charge in [0.05, 0.1) is 13.2 Å². The number of nitrogens with one attached hydrogen (secondary N) is 1. The van der Waals surface area contributed by atoms with Crippen LogP contribution in [0.2, 0.25) is 0 Å². The van der Waals surface area contributed by atoms with Crippen LogP contribution in [0, 0.1) is 0 Å². The van der Waals surface area contributed by atoms with Crippen LogP contribution in [0.5, 0.6) is 11.5 Å². The molecule has 1 saturated heterocycles. The van der Waals surface area contributed by atoms with Gasteiger partial charge in [-0.1, -0.05) is 6.07 Å².